The lowest BCUT2D eigenvalue weighted by atomic mass is 10.0. The van der Waals surface area contributed by atoms with Gasteiger partial charge in [-0.05, 0) is 38.4 Å². The minimum absolute atomic E-state index is 0.161. The summed E-state index contributed by atoms with van der Waals surface area (Å²) in [5, 5.41) is 0.974. The van der Waals surface area contributed by atoms with Crippen molar-refractivity contribution < 1.29 is 19.0 Å². The van der Waals surface area contributed by atoms with Crippen LogP contribution >= 0.6 is 11.6 Å². The standard InChI is InChI=1S/C19H21ClN2O4/c1-24-15-10-14-12(17-13(18(20)21-14)11-26-19(17)23)9-16(15)25-8-4-7-22-5-2-3-6-22/h9-10H,2-8,11H2,1H3. The van der Waals surface area contributed by atoms with Crippen LogP contribution in [-0.4, -0.2) is 49.2 Å². The molecule has 2 aliphatic rings. The molecule has 1 aromatic carbocycles. The van der Waals surface area contributed by atoms with Gasteiger partial charge in [-0.3, -0.25) is 0 Å². The lowest BCUT2D eigenvalue weighted by Gasteiger charge is -2.16. The Morgan fingerprint density at radius 1 is 1.27 bits per heavy atom. The van der Waals surface area contributed by atoms with Crippen molar-refractivity contribution in [2.75, 3.05) is 33.4 Å². The molecule has 1 fully saturated rings. The number of benzene rings is 1. The largest absolute Gasteiger partial charge is 0.493 e. The van der Waals surface area contributed by atoms with E-state index in [1.165, 1.54) is 25.9 Å². The highest BCUT2D eigenvalue weighted by atomic mass is 35.5. The van der Waals surface area contributed by atoms with Gasteiger partial charge < -0.3 is 19.1 Å². The summed E-state index contributed by atoms with van der Waals surface area (Å²) in [5.74, 6) is 0.806. The molecule has 2 aliphatic heterocycles. The van der Waals surface area contributed by atoms with Crippen LogP contribution in [0.1, 0.15) is 35.2 Å². The Hall–Kier alpha value is -2.05. The number of hydrogen-bond acceptors (Lipinski definition) is 6. The molecule has 0 N–H and O–H groups in total. The molecule has 0 unspecified atom stereocenters. The average molecular weight is 377 g/mol. The predicted molar refractivity (Wildman–Crippen MR) is 98.2 cm³/mol. The maximum absolute atomic E-state index is 12.1. The zero-order valence-corrected chi connectivity index (χ0v) is 15.5. The van der Waals surface area contributed by atoms with Crippen molar-refractivity contribution in [3.8, 4) is 11.5 Å². The molecule has 4 rings (SSSR count). The maximum Gasteiger partial charge on any atom is 0.339 e. The summed E-state index contributed by atoms with van der Waals surface area (Å²) in [6.45, 7) is 4.15. The number of hydrogen-bond donors (Lipinski definition) is 0. The van der Waals surface area contributed by atoms with Gasteiger partial charge in [-0.25, -0.2) is 9.78 Å². The zero-order chi connectivity index (χ0) is 18.1. The van der Waals surface area contributed by atoms with Crippen LogP contribution in [0.15, 0.2) is 12.1 Å². The summed E-state index contributed by atoms with van der Waals surface area (Å²) in [6, 6.07) is 3.56. The van der Waals surface area contributed by atoms with Gasteiger partial charge in [-0.1, -0.05) is 11.6 Å². The Labute approximate surface area is 157 Å². The molecule has 138 valence electrons. The Bertz CT molecular complexity index is 849. The summed E-state index contributed by atoms with van der Waals surface area (Å²) in [5.41, 5.74) is 1.70. The minimum Gasteiger partial charge on any atom is -0.493 e. The number of nitrogens with zero attached hydrogens (tertiary/aromatic N) is 2. The quantitative estimate of drug-likeness (QED) is 0.437. The number of likely N-dealkylation sites (tertiary alicyclic amines) is 1. The monoisotopic (exact) mass is 376 g/mol. The van der Waals surface area contributed by atoms with Crippen LogP contribution in [-0.2, 0) is 11.3 Å². The van der Waals surface area contributed by atoms with Gasteiger partial charge in [0.15, 0.2) is 11.5 Å². The highest BCUT2D eigenvalue weighted by Gasteiger charge is 2.28. The van der Waals surface area contributed by atoms with E-state index in [1.54, 1.807) is 19.2 Å². The molecule has 0 atom stereocenters. The molecule has 0 amide bonds. The van der Waals surface area contributed by atoms with E-state index in [4.69, 9.17) is 25.8 Å². The number of aromatic nitrogens is 1. The second kappa shape index (κ2) is 7.29. The average Bonchev–Trinajstić information content (AvgIpc) is 3.29. The smallest absolute Gasteiger partial charge is 0.339 e. The molecule has 0 spiro atoms. The number of rotatable bonds is 6. The Morgan fingerprint density at radius 2 is 2.08 bits per heavy atom. The van der Waals surface area contributed by atoms with E-state index in [1.807, 2.05) is 0 Å². The van der Waals surface area contributed by atoms with Gasteiger partial charge >= 0.3 is 5.97 Å². The first-order chi connectivity index (χ1) is 12.7. The van der Waals surface area contributed by atoms with Crippen LogP contribution in [0.3, 0.4) is 0 Å². The Kier molecular flexibility index (Phi) is 4.87. The summed E-state index contributed by atoms with van der Waals surface area (Å²) in [4.78, 5) is 18.9. The van der Waals surface area contributed by atoms with Crippen molar-refractivity contribution in [1.29, 1.82) is 0 Å². The van der Waals surface area contributed by atoms with Crippen LogP contribution in [0.25, 0.3) is 10.9 Å². The number of carbonyl (C=O) groups is 1. The lowest BCUT2D eigenvalue weighted by Crippen LogP contribution is -2.21. The van der Waals surface area contributed by atoms with Gasteiger partial charge in [-0.15, -0.1) is 0 Å². The van der Waals surface area contributed by atoms with Crippen molar-refractivity contribution in [2.24, 2.45) is 0 Å². The van der Waals surface area contributed by atoms with Crippen LogP contribution in [0.4, 0.5) is 0 Å². The number of esters is 1. The molecular weight excluding hydrogens is 356 g/mol. The van der Waals surface area contributed by atoms with Gasteiger partial charge in [0.25, 0.3) is 0 Å². The van der Waals surface area contributed by atoms with E-state index in [-0.39, 0.29) is 12.6 Å². The fourth-order valence-electron chi connectivity index (χ4n) is 3.60. The minimum atomic E-state index is -0.376. The third-order valence-electron chi connectivity index (χ3n) is 4.95. The van der Waals surface area contributed by atoms with Crippen molar-refractivity contribution in [2.45, 2.75) is 25.9 Å². The first-order valence-electron chi connectivity index (χ1n) is 8.90. The van der Waals surface area contributed by atoms with Gasteiger partial charge in [0.1, 0.15) is 11.8 Å². The summed E-state index contributed by atoms with van der Waals surface area (Å²) in [6.07, 6.45) is 3.52. The molecule has 3 heterocycles. The molecule has 2 aromatic rings. The molecule has 1 aromatic heterocycles. The molecule has 1 saturated heterocycles. The van der Waals surface area contributed by atoms with Crippen LogP contribution in [0.2, 0.25) is 5.15 Å². The van der Waals surface area contributed by atoms with Crippen molar-refractivity contribution >= 4 is 28.5 Å². The fourth-order valence-corrected chi connectivity index (χ4v) is 3.84. The van der Waals surface area contributed by atoms with Gasteiger partial charge in [0, 0.05) is 23.6 Å². The summed E-state index contributed by atoms with van der Waals surface area (Å²) >= 11 is 6.19. The van der Waals surface area contributed by atoms with E-state index in [2.05, 4.69) is 9.88 Å². The number of fused-ring (bicyclic) bond motifs is 3. The Balaban J connectivity index is 1.58. The first kappa shape index (κ1) is 17.4. The number of cyclic esters (lactones) is 1. The normalized spacial score (nSPS) is 16.8. The topological polar surface area (TPSA) is 60.9 Å². The third-order valence-corrected chi connectivity index (χ3v) is 5.26. The maximum atomic E-state index is 12.1. The van der Waals surface area contributed by atoms with Crippen LogP contribution < -0.4 is 9.47 Å². The van der Waals surface area contributed by atoms with Crippen molar-refractivity contribution in [3.63, 3.8) is 0 Å². The molecule has 26 heavy (non-hydrogen) atoms. The molecule has 0 radical (unpaired) electrons. The zero-order valence-electron chi connectivity index (χ0n) is 14.7. The number of methoxy groups -OCH3 is 1. The van der Waals surface area contributed by atoms with Crippen molar-refractivity contribution in [3.05, 3.63) is 28.4 Å². The SMILES string of the molecule is COc1cc2nc(Cl)c3c(c2cc1OCCCN1CCCC1)C(=O)OC3. The van der Waals surface area contributed by atoms with Crippen molar-refractivity contribution in [1.82, 2.24) is 9.88 Å². The summed E-state index contributed by atoms with van der Waals surface area (Å²) < 4.78 is 16.5. The molecule has 6 nitrogen and oxygen atoms in total. The van der Waals surface area contributed by atoms with Gasteiger partial charge in [0.2, 0.25) is 0 Å². The Morgan fingerprint density at radius 3 is 2.85 bits per heavy atom. The first-order valence-corrected chi connectivity index (χ1v) is 9.27. The van der Waals surface area contributed by atoms with Crippen LogP contribution in [0.5, 0.6) is 11.5 Å². The molecule has 7 heteroatoms. The fraction of sp³-hybridized carbons (Fsp3) is 0.474. The lowest BCUT2D eigenvalue weighted by molar-refractivity contribution is 0.0536. The highest BCUT2D eigenvalue weighted by Crippen LogP contribution is 2.38. The highest BCUT2D eigenvalue weighted by molar-refractivity contribution is 6.31. The molecule has 0 bridgehead atoms. The second-order valence-corrected chi connectivity index (χ2v) is 6.96. The van der Waals surface area contributed by atoms with E-state index in [0.29, 0.717) is 45.3 Å². The summed E-state index contributed by atoms with van der Waals surface area (Å²) in [7, 11) is 1.58. The number of halogens is 1. The van der Waals surface area contributed by atoms with Gasteiger partial charge in [0.05, 0.1) is 24.8 Å². The third kappa shape index (κ3) is 3.19. The molecule has 0 saturated carbocycles. The molecular formula is C19H21ClN2O4. The molecule has 0 aliphatic carbocycles. The van der Waals surface area contributed by atoms with Gasteiger partial charge in [-0.2, -0.15) is 0 Å². The predicted octanol–water partition coefficient (Wildman–Crippen LogP) is 3.43. The van der Waals surface area contributed by atoms with E-state index in [9.17, 15) is 4.79 Å². The van der Waals surface area contributed by atoms with E-state index >= 15 is 0 Å². The van der Waals surface area contributed by atoms with Crippen LogP contribution in [0, 0.1) is 0 Å². The second-order valence-electron chi connectivity index (χ2n) is 6.60. The number of carbonyl (C=O) groups excluding carboxylic acids is 1. The van der Waals surface area contributed by atoms with E-state index < -0.39 is 0 Å². The van der Waals surface area contributed by atoms with E-state index in [0.717, 1.165) is 13.0 Å². The number of pyridine rings is 1. The number of ether oxygens (including phenoxy) is 3.